The molecule has 30 heavy (non-hydrogen) atoms. The number of aliphatic imine (C=N–C) groups is 1. The second-order valence-corrected chi connectivity index (χ2v) is 7.07. The molecule has 0 radical (unpaired) electrons. The topological polar surface area (TPSA) is 93.8 Å². The minimum Gasteiger partial charge on any atom is -0.497 e. The van der Waals surface area contributed by atoms with Crippen LogP contribution >= 0.6 is 24.0 Å². The first-order chi connectivity index (χ1) is 14.3. The van der Waals surface area contributed by atoms with Gasteiger partial charge in [0, 0.05) is 38.7 Å². The molecule has 2 N–H and O–H groups in total. The highest BCUT2D eigenvalue weighted by atomic mass is 127. The van der Waals surface area contributed by atoms with E-state index in [0.717, 1.165) is 75.5 Å². The summed E-state index contributed by atoms with van der Waals surface area (Å²) in [5.74, 6) is 2.94. The molecule has 2 heterocycles. The van der Waals surface area contributed by atoms with Crippen LogP contribution in [0.5, 0.6) is 5.75 Å². The Hall–Kier alpha value is -1.88. The number of nitrogens with zero attached hydrogens (tertiary/aromatic N) is 3. The zero-order chi connectivity index (χ0) is 20.3. The van der Waals surface area contributed by atoms with E-state index < -0.39 is 0 Å². The highest BCUT2D eigenvalue weighted by molar-refractivity contribution is 14.0. The molecule has 3 rings (SSSR count). The van der Waals surface area contributed by atoms with Crippen molar-refractivity contribution in [1.82, 2.24) is 20.8 Å². The molecular formula is C21H32IN5O3. The zero-order valence-corrected chi connectivity index (χ0v) is 20.1. The molecule has 0 spiro atoms. The lowest BCUT2D eigenvalue weighted by atomic mass is 10.2. The summed E-state index contributed by atoms with van der Waals surface area (Å²) in [6.07, 6.45) is 6.52. The van der Waals surface area contributed by atoms with Crippen molar-refractivity contribution in [3.63, 3.8) is 0 Å². The summed E-state index contributed by atoms with van der Waals surface area (Å²) < 4.78 is 16.2. The van der Waals surface area contributed by atoms with Crippen molar-refractivity contribution in [2.24, 2.45) is 4.99 Å². The van der Waals surface area contributed by atoms with E-state index in [9.17, 15) is 0 Å². The smallest absolute Gasteiger partial charge is 0.226 e. The van der Waals surface area contributed by atoms with Crippen LogP contribution in [0.3, 0.4) is 0 Å². The molecule has 1 aliphatic rings. The van der Waals surface area contributed by atoms with Crippen LogP contribution in [-0.2, 0) is 11.2 Å². The minimum atomic E-state index is 0. The lowest BCUT2D eigenvalue weighted by molar-refractivity contribution is 0.114. The largest absolute Gasteiger partial charge is 0.497 e. The van der Waals surface area contributed by atoms with Gasteiger partial charge >= 0.3 is 0 Å². The third-order valence-corrected chi connectivity index (χ3v) is 4.92. The Labute approximate surface area is 195 Å². The predicted molar refractivity (Wildman–Crippen MR) is 128 cm³/mol. The number of methoxy groups -OCH3 is 1. The second kappa shape index (κ2) is 13.4. The number of hydrogen-bond donors (Lipinski definition) is 2. The van der Waals surface area contributed by atoms with Gasteiger partial charge in [0.15, 0.2) is 5.96 Å². The quantitative estimate of drug-likeness (QED) is 0.211. The molecule has 2 aromatic rings. The molecule has 0 bridgehead atoms. The highest BCUT2D eigenvalue weighted by Gasteiger charge is 2.15. The van der Waals surface area contributed by atoms with E-state index in [1.807, 2.05) is 24.3 Å². The fourth-order valence-electron chi connectivity index (χ4n) is 3.23. The van der Waals surface area contributed by atoms with Crippen molar-refractivity contribution in [3.8, 4) is 17.1 Å². The third kappa shape index (κ3) is 7.75. The second-order valence-electron chi connectivity index (χ2n) is 7.07. The Morgan fingerprint density at radius 1 is 1.20 bits per heavy atom. The van der Waals surface area contributed by atoms with Crippen molar-refractivity contribution in [2.45, 2.75) is 44.6 Å². The number of halogens is 1. The van der Waals surface area contributed by atoms with Gasteiger partial charge in [-0.05, 0) is 49.9 Å². The summed E-state index contributed by atoms with van der Waals surface area (Å²) in [4.78, 5) is 8.74. The van der Waals surface area contributed by atoms with Gasteiger partial charge < -0.3 is 24.6 Å². The van der Waals surface area contributed by atoms with E-state index in [1.54, 1.807) is 14.2 Å². The first-order valence-corrected chi connectivity index (χ1v) is 10.3. The molecule has 8 nitrogen and oxygen atoms in total. The molecule has 0 saturated carbocycles. The fourth-order valence-corrected chi connectivity index (χ4v) is 3.23. The molecule has 1 fully saturated rings. The van der Waals surface area contributed by atoms with Crippen molar-refractivity contribution >= 4 is 29.9 Å². The monoisotopic (exact) mass is 529 g/mol. The molecule has 1 aromatic heterocycles. The first kappa shape index (κ1) is 24.4. The first-order valence-electron chi connectivity index (χ1n) is 10.3. The van der Waals surface area contributed by atoms with Crippen molar-refractivity contribution in [1.29, 1.82) is 0 Å². The zero-order valence-electron chi connectivity index (χ0n) is 17.7. The number of ether oxygens (including phenoxy) is 2. The van der Waals surface area contributed by atoms with Crippen molar-refractivity contribution < 1.29 is 14.0 Å². The van der Waals surface area contributed by atoms with Crippen molar-refractivity contribution in [3.05, 3.63) is 30.2 Å². The number of aryl methyl sites for hydroxylation is 1. The Balaban J connectivity index is 0.00000320. The fraction of sp³-hybridized carbons (Fsp3) is 0.571. The van der Waals surface area contributed by atoms with Crippen LogP contribution in [-0.4, -0.2) is 56.1 Å². The van der Waals surface area contributed by atoms with Gasteiger partial charge in [0.1, 0.15) is 5.75 Å². The summed E-state index contributed by atoms with van der Waals surface area (Å²) in [5.41, 5.74) is 0.923. The highest BCUT2D eigenvalue weighted by Crippen LogP contribution is 2.20. The minimum absolute atomic E-state index is 0. The maximum atomic E-state index is 5.62. The van der Waals surface area contributed by atoms with E-state index in [0.29, 0.717) is 17.8 Å². The summed E-state index contributed by atoms with van der Waals surface area (Å²) in [6.45, 7) is 2.57. The van der Waals surface area contributed by atoms with Gasteiger partial charge in [-0.15, -0.1) is 24.0 Å². The number of unbranched alkanes of at least 4 members (excludes halogenated alkanes) is 2. The van der Waals surface area contributed by atoms with Gasteiger partial charge in [-0.2, -0.15) is 4.98 Å². The van der Waals surface area contributed by atoms with E-state index in [1.165, 1.54) is 0 Å². The maximum absolute atomic E-state index is 5.62. The van der Waals surface area contributed by atoms with Crippen LogP contribution in [0, 0.1) is 0 Å². The summed E-state index contributed by atoms with van der Waals surface area (Å²) in [5, 5.41) is 10.7. The summed E-state index contributed by atoms with van der Waals surface area (Å²) in [7, 11) is 3.44. The SMILES string of the molecule is CN=C(NCCCCCc1nc(-c2ccc(OC)cc2)no1)NCC1CCCO1.I. The van der Waals surface area contributed by atoms with Crippen LogP contribution in [0.2, 0.25) is 0 Å². The van der Waals surface area contributed by atoms with E-state index in [4.69, 9.17) is 14.0 Å². The van der Waals surface area contributed by atoms with Gasteiger partial charge in [-0.3, -0.25) is 4.99 Å². The number of guanidine groups is 1. The number of aromatic nitrogens is 2. The standard InChI is InChI=1S/C21H31N5O3.HI/c1-22-21(24-15-18-7-6-14-28-18)23-13-5-3-4-8-19-25-20(26-29-19)16-9-11-17(27-2)12-10-16;/h9-12,18H,3-8,13-15H2,1-2H3,(H2,22,23,24);1H. The van der Waals surface area contributed by atoms with Gasteiger partial charge in [0.2, 0.25) is 11.7 Å². The maximum Gasteiger partial charge on any atom is 0.226 e. The van der Waals surface area contributed by atoms with Gasteiger partial charge in [-0.25, -0.2) is 0 Å². The molecular weight excluding hydrogens is 497 g/mol. The molecule has 0 aliphatic carbocycles. The normalized spacial score (nSPS) is 16.2. The van der Waals surface area contributed by atoms with Gasteiger partial charge in [-0.1, -0.05) is 11.6 Å². The lowest BCUT2D eigenvalue weighted by Crippen LogP contribution is -2.41. The average molecular weight is 529 g/mol. The summed E-state index contributed by atoms with van der Waals surface area (Å²) in [6, 6.07) is 7.64. The Kier molecular flexibility index (Phi) is 10.9. The number of nitrogens with one attached hydrogen (secondary N) is 2. The van der Waals surface area contributed by atoms with Crippen LogP contribution in [0.1, 0.15) is 38.0 Å². The molecule has 1 aromatic carbocycles. The predicted octanol–water partition coefficient (Wildman–Crippen LogP) is 3.42. The van der Waals surface area contributed by atoms with Crippen LogP contribution in [0.4, 0.5) is 0 Å². The molecule has 0 amide bonds. The molecule has 1 saturated heterocycles. The summed E-state index contributed by atoms with van der Waals surface area (Å²) >= 11 is 0. The van der Waals surface area contributed by atoms with E-state index in [-0.39, 0.29) is 24.0 Å². The van der Waals surface area contributed by atoms with Crippen LogP contribution in [0.25, 0.3) is 11.4 Å². The van der Waals surface area contributed by atoms with Crippen molar-refractivity contribution in [2.75, 3.05) is 33.9 Å². The Morgan fingerprint density at radius 2 is 2.03 bits per heavy atom. The lowest BCUT2D eigenvalue weighted by Gasteiger charge is -2.14. The van der Waals surface area contributed by atoms with E-state index in [2.05, 4.69) is 25.8 Å². The number of rotatable bonds is 10. The molecule has 1 atom stereocenters. The molecule has 166 valence electrons. The Morgan fingerprint density at radius 3 is 2.73 bits per heavy atom. The van der Waals surface area contributed by atoms with Crippen LogP contribution < -0.4 is 15.4 Å². The molecule has 1 aliphatic heterocycles. The third-order valence-electron chi connectivity index (χ3n) is 4.92. The average Bonchev–Trinajstić information content (AvgIpc) is 3.45. The number of hydrogen-bond acceptors (Lipinski definition) is 6. The Bertz CT molecular complexity index is 760. The van der Waals surface area contributed by atoms with Gasteiger partial charge in [0.25, 0.3) is 0 Å². The molecule has 1 unspecified atom stereocenters. The van der Waals surface area contributed by atoms with Gasteiger partial charge in [0.05, 0.1) is 13.2 Å². The van der Waals surface area contributed by atoms with E-state index >= 15 is 0 Å². The number of benzene rings is 1. The molecule has 9 heteroatoms. The van der Waals surface area contributed by atoms with Crippen LogP contribution in [0.15, 0.2) is 33.8 Å².